The van der Waals surface area contributed by atoms with Gasteiger partial charge in [0.05, 0.1) is 4.90 Å². The molecule has 1 saturated heterocycles. The third-order valence-electron chi connectivity index (χ3n) is 4.53. The minimum atomic E-state index is -3.14. The molecule has 0 saturated carbocycles. The number of rotatable bonds is 1. The molecule has 3 rings (SSSR count). The number of nitrogens with zero attached hydrogens (tertiary/aromatic N) is 1. The van der Waals surface area contributed by atoms with E-state index < -0.39 is 9.84 Å². The molecule has 0 aromatic heterocycles. The van der Waals surface area contributed by atoms with Crippen LogP contribution in [0.5, 0.6) is 5.75 Å². The molecule has 0 bridgehead atoms. The maximum atomic E-state index is 11.6. The van der Waals surface area contributed by atoms with Gasteiger partial charge in [-0.2, -0.15) is 0 Å². The average molecular weight is 325 g/mol. The Bertz CT molecular complexity index is 617. The summed E-state index contributed by atoms with van der Waals surface area (Å²) >= 11 is 0. The summed E-state index contributed by atoms with van der Waals surface area (Å²) in [5.74, 6) is 0.869. The normalized spacial score (nSPS) is 20.5. The van der Waals surface area contributed by atoms with E-state index in [0.29, 0.717) is 4.90 Å². The van der Waals surface area contributed by atoms with Crippen molar-refractivity contribution in [2.24, 2.45) is 0 Å². The summed E-state index contributed by atoms with van der Waals surface area (Å²) in [6.07, 6.45) is 5.24. The van der Waals surface area contributed by atoms with E-state index in [0.717, 1.165) is 50.1 Å². The molecule has 22 heavy (non-hydrogen) atoms. The standard InChI is InChI=1S/C15H21NO3S.C2H6/c1-16-9-7-15(8-10-16)6-5-12-11-13(20(2,17)18)3-4-14(12)19-15;1-2/h3-4,11H,5-10H2,1-2H3;1-2H3. The van der Waals surface area contributed by atoms with Crippen LogP contribution < -0.4 is 4.74 Å². The smallest absolute Gasteiger partial charge is 0.175 e. The van der Waals surface area contributed by atoms with E-state index in [2.05, 4.69) is 11.9 Å². The van der Waals surface area contributed by atoms with Crippen LogP contribution in [-0.4, -0.2) is 45.3 Å². The van der Waals surface area contributed by atoms with Gasteiger partial charge in [0.15, 0.2) is 9.84 Å². The van der Waals surface area contributed by atoms with Crippen molar-refractivity contribution < 1.29 is 13.2 Å². The first-order valence-corrected chi connectivity index (χ1v) is 9.98. The van der Waals surface area contributed by atoms with E-state index in [4.69, 9.17) is 4.74 Å². The van der Waals surface area contributed by atoms with Gasteiger partial charge < -0.3 is 9.64 Å². The number of ether oxygens (including phenoxy) is 1. The molecule has 0 N–H and O–H groups in total. The minimum Gasteiger partial charge on any atom is -0.487 e. The van der Waals surface area contributed by atoms with Gasteiger partial charge in [0, 0.05) is 19.3 Å². The second-order valence-corrected chi connectivity index (χ2v) is 8.15. The molecule has 0 unspecified atom stereocenters. The molecule has 1 fully saturated rings. The fourth-order valence-electron chi connectivity index (χ4n) is 3.11. The molecule has 5 heteroatoms. The molecule has 0 radical (unpaired) electrons. The first-order valence-electron chi connectivity index (χ1n) is 8.09. The van der Waals surface area contributed by atoms with E-state index in [1.807, 2.05) is 19.9 Å². The summed E-state index contributed by atoms with van der Waals surface area (Å²) in [5.41, 5.74) is 0.990. The van der Waals surface area contributed by atoms with E-state index in [-0.39, 0.29) is 5.60 Å². The van der Waals surface area contributed by atoms with Crippen LogP contribution in [0.2, 0.25) is 0 Å². The predicted octanol–water partition coefficient (Wildman–Crippen LogP) is 2.91. The van der Waals surface area contributed by atoms with Gasteiger partial charge in [0.2, 0.25) is 0 Å². The fraction of sp³-hybridized carbons (Fsp3) is 0.647. The molecule has 4 nitrogen and oxygen atoms in total. The minimum absolute atomic E-state index is 0.0356. The van der Waals surface area contributed by atoms with Gasteiger partial charge in [-0.15, -0.1) is 0 Å². The maximum absolute atomic E-state index is 11.6. The Kier molecular flexibility index (Phi) is 5.17. The maximum Gasteiger partial charge on any atom is 0.175 e. The summed E-state index contributed by atoms with van der Waals surface area (Å²) in [4.78, 5) is 2.72. The van der Waals surface area contributed by atoms with Crippen molar-refractivity contribution in [3.8, 4) is 5.75 Å². The highest BCUT2D eigenvalue weighted by Crippen LogP contribution is 2.39. The molecule has 2 heterocycles. The molecule has 1 aromatic carbocycles. The summed E-state index contributed by atoms with van der Waals surface area (Å²) in [5, 5.41) is 0. The molecule has 2 aliphatic rings. The largest absolute Gasteiger partial charge is 0.487 e. The van der Waals surface area contributed by atoms with Gasteiger partial charge >= 0.3 is 0 Å². The fourth-order valence-corrected chi connectivity index (χ4v) is 3.78. The molecule has 2 aliphatic heterocycles. The van der Waals surface area contributed by atoms with Gasteiger partial charge in [-0.05, 0) is 56.5 Å². The van der Waals surface area contributed by atoms with E-state index in [9.17, 15) is 8.42 Å². The number of piperidine rings is 1. The average Bonchev–Trinajstić information content (AvgIpc) is 2.51. The molecule has 1 spiro atoms. The molecule has 1 aromatic rings. The summed E-state index contributed by atoms with van der Waals surface area (Å²) in [7, 11) is -0.998. The highest BCUT2D eigenvalue weighted by molar-refractivity contribution is 7.90. The summed E-state index contributed by atoms with van der Waals surface area (Å²) in [6.45, 7) is 6.13. The van der Waals surface area contributed by atoms with Crippen molar-refractivity contribution in [3.63, 3.8) is 0 Å². The van der Waals surface area contributed by atoms with Crippen molar-refractivity contribution in [2.45, 2.75) is 50.0 Å². The number of likely N-dealkylation sites (tertiary alicyclic amines) is 1. The lowest BCUT2D eigenvalue weighted by atomic mass is 9.83. The molecule has 0 atom stereocenters. The Morgan fingerprint density at radius 3 is 2.36 bits per heavy atom. The number of aryl methyl sites for hydroxylation is 1. The molecule has 124 valence electrons. The number of hydrogen-bond donors (Lipinski definition) is 0. The number of sulfone groups is 1. The third-order valence-corrected chi connectivity index (χ3v) is 5.65. The quantitative estimate of drug-likeness (QED) is 0.796. The van der Waals surface area contributed by atoms with Crippen molar-refractivity contribution in [2.75, 3.05) is 26.4 Å². The van der Waals surface area contributed by atoms with Crippen molar-refractivity contribution in [3.05, 3.63) is 23.8 Å². The van der Waals surface area contributed by atoms with Crippen LogP contribution in [0.1, 0.15) is 38.7 Å². The van der Waals surface area contributed by atoms with Crippen LogP contribution >= 0.6 is 0 Å². The zero-order chi connectivity index (χ0) is 16.4. The lowest BCUT2D eigenvalue weighted by Gasteiger charge is -2.43. The third kappa shape index (κ3) is 3.63. The molecule has 0 amide bonds. The second kappa shape index (κ2) is 6.59. The SMILES string of the molecule is CC.CN1CCC2(CCc3cc(S(C)(=O)=O)ccc3O2)CC1. The van der Waals surface area contributed by atoms with Crippen LogP contribution in [0.3, 0.4) is 0 Å². The van der Waals surface area contributed by atoms with Crippen LogP contribution in [0, 0.1) is 0 Å². The molecular formula is C17H27NO3S. The number of hydrogen-bond acceptors (Lipinski definition) is 4. The van der Waals surface area contributed by atoms with E-state index >= 15 is 0 Å². The zero-order valence-corrected chi connectivity index (χ0v) is 14.9. The van der Waals surface area contributed by atoms with Crippen molar-refractivity contribution in [1.82, 2.24) is 4.90 Å². The topological polar surface area (TPSA) is 46.6 Å². The van der Waals surface area contributed by atoms with E-state index in [1.165, 1.54) is 6.26 Å². The highest BCUT2D eigenvalue weighted by Gasteiger charge is 2.38. The first kappa shape index (κ1) is 17.3. The van der Waals surface area contributed by atoms with Crippen LogP contribution in [-0.2, 0) is 16.3 Å². The monoisotopic (exact) mass is 325 g/mol. The molecule has 0 aliphatic carbocycles. The Morgan fingerprint density at radius 2 is 1.77 bits per heavy atom. The highest BCUT2D eigenvalue weighted by atomic mass is 32.2. The lowest BCUT2D eigenvalue weighted by molar-refractivity contribution is -0.00884. The Labute approximate surface area is 134 Å². The Morgan fingerprint density at radius 1 is 1.14 bits per heavy atom. The predicted molar refractivity (Wildman–Crippen MR) is 89.3 cm³/mol. The summed E-state index contributed by atoms with van der Waals surface area (Å²) < 4.78 is 29.5. The van der Waals surface area contributed by atoms with Crippen LogP contribution in [0.4, 0.5) is 0 Å². The van der Waals surface area contributed by atoms with Gasteiger partial charge in [0.1, 0.15) is 11.4 Å². The van der Waals surface area contributed by atoms with Gasteiger partial charge in [-0.25, -0.2) is 8.42 Å². The van der Waals surface area contributed by atoms with Crippen molar-refractivity contribution >= 4 is 9.84 Å². The van der Waals surface area contributed by atoms with Crippen LogP contribution in [0.25, 0.3) is 0 Å². The first-order chi connectivity index (χ1) is 10.4. The van der Waals surface area contributed by atoms with E-state index in [1.54, 1.807) is 12.1 Å². The Hall–Kier alpha value is -1.07. The van der Waals surface area contributed by atoms with Crippen molar-refractivity contribution in [1.29, 1.82) is 0 Å². The van der Waals surface area contributed by atoms with Crippen LogP contribution in [0.15, 0.2) is 23.1 Å². The summed E-state index contributed by atoms with van der Waals surface area (Å²) in [6, 6.07) is 5.25. The Balaban J connectivity index is 0.000000847. The number of benzene rings is 1. The molecular weight excluding hydrogens is 298 g/mol. The zero-order valence-electron chi connectivity index (χ0n) is 14.1. The number of fused-ring (bicyclic) bond motifs is 1. The lowest BCUT2D eigenvalue weighted by Crippen LogP contribution is -2.48. The van der Waals surface area contributed by atoms with Gasteiger partial charge in [0.25, 0.3) is 0 Å². The van der Waals surface area contributed by atoms with Gasteiger partial charge in [-0.1, -0.05) is 13.8 Å². The second-order valence-electron chi connectivity index (χ2n) is 6.13. The van der Waals surface area contributed by atoms with Gasteiger partial charge in [-0.3, -0.25) is 0 Å².